The molecule has 5 aromatic rings. The van der Waals surface area contributed by atoms with Crippen LogP contribution in [0.4, 0.5) is 22.7 Å². The van der Waals surface area contributed by atoms with Crippen LogP contribution in [0.2, 0.25) is 0 Å². The molecular formula is C50H44N4O6. The fourth-order valence-corrected chi connectivity index (χ4v) is 10.1. The number of hydrogen-bond donors (Lipinski definition) is 1. The number of benzene rings is 5. The van der Waals surface area contributed by atoms with Crippen molar-refractivity contribution in [3.8, 4) is 5.75 Å². The van der Waals surface area contributed by atoms with Gasteiger partial charge >= 0.3 is 0 Å². The molecule has 0 radical (unpaired) electrons. The van der Waals surface area contributed by atoms with E-state index in [0.717, 1.165) is 11.3 Å². The van der Waals surface area contributed by atoms with Crippen LogP contribution in [0.5, 0.6) is 5.75 Å². The number of carbonyl (C=O) groups excluding carboxylic acids is 4. The summed E-state index contributed by atoms with van der Waals surface area (Å²) in [6.07, 6.45) is 4.02. The zero-order valence-corrected chi connectivity index (χ0v) is 33.3. The van der Waals surface area contributed by atoms with E-state index in [1.165, 1.54) is 11.0 Å². The molecule has 10 heteroatoms. The second-order valence-corrected chi connectivity index (χ2v) is 16.0. The van der Waals surface area contributed by atoms with Gasteiger partial charge in [-0.15, -0.1) is 0 Å². The SMILES string of the molecule is CN(C)c1ccc(N=Nc2ccc(N3C(=O)[C@H]4[C@H](CC=C5[C@H]4C[C@H]4C(=O)C(c6ccccc6)=CC(=O)[C@@]4(c4ccccc4)[C@H]5c4ccccc4OCCO)C3=O)cc2)cc1. The summed E-state index contributed by atoms with van der Waals surface area (Å²) in [5.41, 5.74) is 4.53. The summed E-state index contributed by atoms with van der Waals surface area (Å²) in [7, 11) is 3.94. The van der Waals surface area contributed by atoms with Crippen molar-refractivity contribution in [1.82, 2.24) is 0 Å². The van der Waals surface area contributed by atoms with E-state index in [2.05, 4.69) is 10.2 Å². The first-order valence-electron chi connectivity index (χ1n) is 20.3. The molecule has 60 heavy (non-hydrogen) atoms. The molecular weight excluding hydrogens is 753 g/mol. The molecule has 3 aliphatic carbocycles. The van der Waals surface area contributed by atoms with Gasteiger partial charge < -0.3 is 14.7 Å². The van der Waals surface area contributed by atoms with Gasteiger partial charge in [-0.05, 0) is 90.6 Å². The number of ketones is 2. The Labute approximate surface area is 348 Å². The maximum Gasteiger partial charge on any atom is 0.238 e. The monoisotopic (exact) mass is 796 g/mol. The third kappa shape index (κ3) is 6.39. The van der Waals surface area contributed by atoms with Gasteiger partial charge in [0.2, 0.25) is 11.8 Å². The first-order valence-corrected chi connectivity index (χ1v) is 20.3. The highest BCUT2D eigenvalue weighted by Crippen LogP contribution is 2.64. The third-order valence-corrected chi connectivity index (χ3v) is 12.7. The first kappa shape index (κ1) is 38.7. The van der Waals surface area contributed by atoms with Gasteiger partial charge in [0.05, 0.1) is 40.9 Å². The lowest BCUT2D eigenvalue weighted by Gasteiger charge is -2.55. The van der Waals surface area contributed by atoms with Crippen molar-refractivity contribution in [1.29, 1.82) is 0 Å². The van der Waals surface area contributed by atoms with Crippen molar-refractivity contribution in [2.24, 2.45) is 33.9 Å². The van der Waals surface area contributed by atoms with E-state index in [-0.39, 0.29) is 49.4 Å². The number of Topliss-reactive ketones (excluding diaryl/α,β-unsaturated/α-hetero) is 1. The molecule has 9 rings (SSSR count). The van der Waals surface area contributed by atoms with Crippen LogP contribution in [0.1, 0.15) is 35.4 Å². The van der Waals surface area contributed by atoms with E-state index in [0.29, 0.717) is 45.1 Å². The number of para-hydroxylation sites is 1. The first-order chi connectivity index (χ1) is 29.2. The molecule has 1 aliphatic heterocycles. The van der Waals surface area contributed by atoms with E-state index in [1.54, 1.807) is 24.3 Å². The van der Waals surface area contributed by atoms with Crippen LogP contribution in [-0.2, 0) is 24.6 Å². The third-order valence-electron chi connectivity index (χ3n) is 12.7. The molecule has 0 spiro atoms. The number of imide groups is 1. The second-order valence-electron chi connectivity index (χ2n) is 16.0. The summed E-state index contributed by atoms with van der Waals surface area (Å²) in [6.45, 7) is -0.197. The van der Waals surface area contributed by atoms with Crippen LogP contribution < -0.4 is 14.5 Å². The second kappa shape index (κ2) is 15.8. The van der Waals surface area contributed by atoms with Gasteiger partial charge in [0.15, 0.2) is 11.6 Å². The van der Waals surface area contributed by atoms with Gasteiger partial charge in [-0.25, -0.2) is 0 Å². The van der Waals surface area contributed by atoms with Crippen LogP contribution in [-0.4, -0.2) is 55.8 Å². The van der Waals surface area contributed by atoms with E-state index in [9.17, 15) is 14.7 Å². The number of aliphatic hydroxyl groups excluding tert-OH is 1. The number of allylic oxidation sites excluding steroid dienone is 4. The number of rotatable bonds is 10. The molecule has 10 nitrogen and oxygen atoms in total. The number of aliphatic hydroxyl groups is 1. The molecule has 0 unspecified atom stereocenters. The Morgan fingerprint density at radius 3 is 2.05 bits per heavy atom. The predicted octanol–water partition coefficient (Wildman–Crippen LogP) is 8.57. The lowest BCUT2D eigenvalue weighted by molar-refractivity contribution is -0.135. The van der Waals surface area contributed by atoms with Crippen molar-refractivity contribution < 1.29 is 29.0 Å². The molecule has 300 valence electrons. The molecule has 1 heterocycles. The molecule has 5 aromatic carbocycles. The summed E-state index contributed by atoms with van der Waals surface area (Å²) in [5, 5.41) is 18.6. The highest BCUT2D eigenvalue weighted by molar-refractivity contribution is 6.32. The molecule has 1 N–H and O–H groups in total. The van der Waals surface area contributed by atoms with Crippen LogP contribution in [0.15, 0.2) is 161 Å². The number of carbonyl (C=O) groups is 4. The Hall–Kier alpha value is -6.78. The van der Waals surface area contributed by atoms with Gasteiger partial charge in [-0.1, -0.05) is 90.5 Å². The topological polar surface area (TPSA) is 129 Å². The molecule has 2 amide bonds. The minimum atomic E-state index is -1.39. The zero-order chi connectivity index (χ0) is 41.5. The highest BCUT2D eigenvalue weighted by atomic mass is 16.5. The average molecular weight is 797 g/mol. The highest BCUT2D eigenvalue weighted by Gasteiger charge is 2.66. The average Bonchev–Trinajstić information content (AvgIpc) is 3.54. The Bertz CT molecular complexity index is 2570. The summed E-state index contributed by atoms with van der Waals surface area (Å²) in [6, 6.07) is 40.7. The fourth-order valence-electron chi connectivity index (χ4n) is 10.1. The molecule has 6 atom stereocenters. The van der Waals surface area contributed by atoms with Gasteiger partial charge in [-0.2, -0.15) is 10.2 Å². The maximum atomic E-state index is 15.4. The Morgan fingerprint density at radius 1 is 0.750 bits per heavy atom. The Balaban J connectivity index is 1.13. The number of hydrogen-bond acceptors (Lipinski definition) is 9. The van der Waals surface area contributed by atoms with Crippen molar-refractivity contribution in [3.63, 3.8) is 0 Å². The van der Waals surface area contributed by atoms with Crippen molar-refractivity contribution in [3.05, 3.63) is 168 Å². The summed E-state index contributed by atoms with van der Waals surface area (Å²) in [4.78, 5) is 63.2. The van der Waals surface area contributed by atoms with Gasteiger partial charge in [0.1, 0.15) is 12.4 Å². The molecule has 1 saturated carbocycles. The predicted molar refractivity (Wildman–Crippen MR) is 229 cm³/mol. The van der Waals surface area contributed by atoms with Crippen LogP contribution in [0, 0.1) is 23.7 Å². The minimum Gasteiger partial charge on any atom is -0.491 e. The molecule has 0 bridgehead atoms. The maximum absolute atomic E-state index is 15.4. The van der Waals surface area contributed by atoms with Crippen LogP contribution >= 0.6 is 0 Å². The lowest BCUT2D eigenvalue weighted by Crippen LogP contribution is -2.58. The number of ether oxygens (including phenoxy) is 1. The van der Waals surface area contributed by atoms with Crippen molar-refractivity contribution in [2.75, 3.05) is 37.1 Å². The van der Waals surface area contributed by atoms with Gasteiger partial charge in [0, 0.05) is 42.8 Å². The lowest BCUT2D eigenvalue weighted by atomic mass is 9.44. The zero-order valence-electron chi connectivity index (χ0n) is 33.3. The van der Waals surface area contributed by atoms with Crippen LogP contribution in [0.25, 0.3) is 5.57 Å². The van der Waals surface area contributed by atoms with E-state index in [1.807, 2.05) is 134 Å². The molecule has 2 fully saturated rings. The number of fused-ring (bicyclic) bond motifs is 4. The number of anilines is 2. The standard InChI is InChI=1S/C50H44N4O6/c1-53(2)35-21-17-33(18-22-35)51-52-34-19-23-36(24-20-34)54-48(58)39-26-25-37-41(45(39)49(54)59)29-42-47(57)40(31-11-5-3-6-12-31)30-44(56)50(42,32-13-7-4-8-14-32)46(37)38-15-9-10-16-43(38)60-28-27-55/h3-25,30,39,41-42,45-46,55H,26-29H2,1-2H3/t39-,41+,42-,45-,46+,50-/m0/s1. The summed E-state index contributed by atoms with van der Waals surface area (Å²) in [5.74, 6) is -4.12. The molecule has 0 aromatic heterocycles. The quantitative estimate of drug-likeness (QED) is 0.0852. The number of azo groups is 1. The molecule has 1 saturated heterocycles. The van der Waals surface area contributed by atoms with Crippen molar-refractivity contribution >= 4 is 51.7 Å². The summed E-state index contributed by atoms with van der Waals surface area (Å²) >= 11 is 0. The van der Waals surface area contributed by atoms with Crippen LogP contribution in [0.3, 0.4) is 0 Å². The minimum absolute atomic E-state index is 0.0234. The van der Waals surface area contributed by atoms with Crippen molar-refractivity contribution in [2.45, 2.75) is 24.2 Å². The normalized spacial score (nSPS) is 24.7. The van der Waals surface area contributed by atoms with E-state index < -0.39 is 35.0 Å². The van der Waals surface area contributed by atoms with Gasteiger partial charge in [0.25, 0.3) is 0 Å². The van der Waals surface area contributed by atoms with Gasteiger partial charge in [-0.3, -0.25) is 24.1 Å². The number of nitrogens with zero attached hydrogens (tertiary/aromatic N) is 4. The Kier molecular flexibility index (Phi) is 10.2. The number of amides is 2. The molecule has 4 aliphatic rings. The largest absolute Gasteiger partial charge is 0.491 e. The smallest absolute Gasteiger partial charge is 0.238 e. The Morgan fingerprint density at radius 2 is 1.38 bits per heavy atom. The summed E-state index contributed by atoms with van der Waals surface area (Å²) < 4.78 is 6.16. The van der Waals surface area contributed by atoms with E-state index >= 15 is 9.59 Å². The van der Waals surface area contributed by atoms with E-state index in [4.69, 9.17) is 4.74 Å². The fraction of sp³-hybridized carbons (Fsp3) is 0.240.